The number of halogens is 3. The number of ether oxygens (including phenoxy) is 2. The fraction of sp³-hybridized carbons (Fsp3) is 0.350. The van der Waals surface area contributed by atoms with E-state index in [0.717, 1.165) is 53.4 Å². The Morgan fingerprint density at radius 2 is 1.62 bits per heavy atom. The minimum absolute atomic E-state index is 0.532. The van der Waals surface area contributed by atoms with Crippen LogP contribution in [0.3, 0.4) is 0 Å². The summed E-state index contributed by atoms with van der Waals surface area (Å²) in [6.45, 7) is 1.81. The van der Waals surface area contributed by atoms with Crippen molar-refractivity contribution in [1.29, 1.82) is 0 Å². The number of aryl methyl sites for hydroxylation is 1. The lowest BCUT2D eigenvalue weighted by atomic mass is 9.93. The largest absolute Gasteiger partial charge is 0.486 e. The van der Waals surface area contributed by atoms with Crippen LogP contribution in [0.25, 0.3) is 0 Å². The highest BCUT2D eigenvalue weighted by Gasteiger charge is 2.30. The number of rotatable bonds is 3. The summed E-state index contributed by atoms with van der Waals surface area (Å²) in [6.07, 6.45) is -2.12. The molecule has 0 aliphatic carbocycles. The van der Waals surface area contributed by atoms with Crippen molar-refractivity contribution in [2.24, 2.45) is 4.99 Å². The van der Waals surface area contributed by atoms with Gasteiger partial charge in [-0.15, -0.1) is 0 Å². The number of alkyl halides is 3. The molecular weight excluding hydrogens is 343 g/mol. The predicted octanol–water partition coefficient (Wildman–Crippen LogP) is 4.45. The topological polar surface area (TPSA) is 30.8 Å². The molecule has 4 rings (SSSR count). The van der Waals surface area contributed by atoms with E-state index in [1.807, 2.05) is 12.1 Å². The second-order valence-corrected chi connectivity index (χ2v) is 6.43. The van der Waals surface area contributed by atoms with Crippen LogP contribution in [0, 0.1) is 0 Å². The summed E-state index contributed by atoms with van der Waals surface area (Å²) in [5, 5.41) is 0. The van der Waals surface area contributed by atoms with Crippen LogP contribution >= 0.6 is 0 Å². The first-order chi connectivity index (χ1) is 12.5. The van der Waals surface area contributed by atoms with E-state index in [4.69, 9.17) is 9.47 Å². The number of nitrogens with zero attached hydrogens (tertiary/aromatic N) is 1. The van der Waals surface area contributed by atoms with Gasteiger partial charge in [0.15, 0.2) is 11.5 Å². The van der Waals surface area contributed by atoms with Crippen LogP contribution in [0.15, 0.2) is 41.4 Å². The Kier molecular flexibility index (Phi) is 4.34. The molecule has 0 atom stereocenters. The van der Waals surface area contributed by atoms with Gasteiger partial charge in [-0.2, -0.15) is 13.2 Å². The molecule has 2 aliphatic heterocycles. The number of hydrogen-bond acceptors (Lipinski definition) is 3. The van der Waals surface area contributed by atoms with Crippen LogP contribution in [-0.4, -0.2) is 25.5 Å². The van der Waals surface area contributed by atoms with Gasteiger partial charge in [0.25, 0.3) is 0 Å². The van der Waals surface area contributed by atoms with E-state index in [1.54, 1.807) is 0 Å². The first kappa shape index (κ1) is 16.9. The van der Waals surface area contributed by atoms with Gasteiger partial charge in [-0.1, -0.05) is 12.1 Å². The molecule has 3 nitrogen and oxygen atoms in total. The molecule has 26 heavy (non-hydrogen) atoms. The first-order valence-electron chi connectivity index (χ1n) is 8.63. The molecular formula is C20H18F3NO2. The molecule has 0 spiro atoms. The number of aliphatic imine (C=N–C) groups is 1. The van der Waals surface area contributed by atoms with Gasteiger partial charge in [0.1, 0.15) is 13.2 Å². The van der Waals surface area contributed by atoms with Crippen molar-refractivity contribution in [2.75, 3.05) is 19.8 Å². The summed E-state index contributed by atoms with van der Waals surface area (Å²) in [6, 6.07) is 9.35. The molecule has 0 saturated heterocycles. The van der Waals surface area contributed by atoms with Gasteiger partial charge in [0.05, 0.1) is 5.56 Å². The Labute approximate surface area is 149 Å². The van der Waals surface area contributed by atoms with E-state index in [-0.39, 0.29) is 0 Å². The second-order valence-electron chi connectivity index (χ2n) is 6.43. The summed E-state index contributed by atoms with van der Waals surface area (Å²) in [5.74, 6) is 1.51. The van der Waals surface area contributed by atoms with E-state index in [2.05, 4.69) is 4.99 Å². The maximum Gasteiger partial charge on any atom is 0.416 e. The van der Waals surface area contributed by atoms with E-state index in [9.17, 15) is 13.2 Å². The minimum Gasteiger partial charge on any atom is -0.486 e. The molecule has 0 fully saturated rings. The Morgan fingerprint density at radius 3 is 2.31 bits per heavy atom. The van der Waals surface area contributed by atoms with E-state index >= 15 is 0 Å². The van der Waals surface area contributed by atoms with Gasteiger partial charge in [0, 0.05) is 17.8 Å². The summed E-state index contributed by atoms with van der Waals surface area (Å²) < 4.78 is 49.3. The first-order valence-corrected chi connectivity index (χ1v) is 8.63. The number of benzene rings is 2. The molecule has 2 aromatic rings. The monoisotopic (exact) mass is 361 g/mol. The maximum atomic E-state index is 12.7. The third kappa shape index (κ3) is 3.41. The zero-order valence-corrected chi connectivity index (χ0v) is 14.1. The van der Waals surface area contributed by atoms with Crippen LogP contribution < -0.4 is 9.47 Å². The van der Waals surface area contributed by atoms with Crippen molar-refractivity contribution < 1.29 is 22.6 Å². The average Bonchev–Trinajstić information content (AvgIpc) is 2.64. The van der Waals surface area contributed by atoms with Crippen LogP contribution in [0.1, 0.15) is 28.7 Å². The summed E-state index contributed by atoms with van der Waals surface area (Å²) in [7, 11) is 0. The van der Waals surface area contributed by atoms with Crippen LogP contribution in [0.4, 0.5) is 13.2 Å². The third-order valence-corrected chi connectivity index (χ3v) is 4.69. The Morgan fingerprint density at radius 1 is 0.923 bits per heavy atom. The van der Waals surface area contributed by atoms with Crippen molar-refractivity contribution >= 4 is 5.71 Å². The Bertz CT molecular complexity index is 841. The highest BCUT2D eigenvalue weighted by atomic mass is 19.4. The summed E-state index contributed by atoms with van der Waals surface area (Å²) in [5.41, 5.74) is 3.47. The molecule has 0 unspecified atom stereocenters. The van der Waals surface area contributed by atoms with Crippen LogP contribution in [0.5, 0.6) is 11.5 Å². The summed E-state index contributed by atoms with van der Waals surface area (Å²) in [4.78, 5) is 4.63. The highest BCUT2D eigenvalue weighted by Crippen LogP contribution is 2.35. The average molecular weight is 361 g/mol. The molecule has 0 radical (unpaired) electrons. The lowest BCUT2D eigenvalue weighted by molar-refractivity contribution is -0.137. The molecule has 2 aliphatic rings. The maximum absolute atomic E-state index is 12.7. The van der Waals surface area contributed by atoms with Gasteiger partial charge >= 0.3 is 6.18 Å². The minimum atomic E-state index is -4.30. The normalized spacial score (nSPS) is 16.0. The lowest BCUT2D eigenvalue weighted by Crippen LogP contribution is -2.19. The van der Waals surface area contributed by atoms with E-state index < -0.39 is 11.7 Å². The molecule has 2 heterocycles. The summed E-state index contributed by atoms with van der Waals surface area (Å²) >= 11 is 0. The van der Waals surface area contributed by atoms with Crippen molar-refractivity contribution in [2.45, 2.75) is 25.4 Å². The standard InChI is InChI=1S/C20H18F3NO2/c21-20(22,23)15-4-1-13(2-5-15)3-6-17-16-12-19-18(25-9-10-26-19)11-14(16)7-8-24-17/h1-2,4-5,11-12H,3,6-10H2. The predicted molar refractivity (Wildman–Crippen MR) is 92.3 cm³/mol. The van der Waals surface area contributed by atoms with Crippen molar-refractivity contribution in [3.05, 3.63) is 58.7 Å². The van der Waals surface area contributed by atoms with Crippen molar-refractivity contribution in [3.63, 3.8) is 0 Å². The molecule has 2 aromatic carbocycles. The van der Waals surface area contributed by atoms with Gasteiger partial charge < -0.3 is 9.47 Å². The van der Waals surface area contributed by atoms with E-state index in [0.29, 0.717) is 26.1 Å². The highest BCUT2D eigenvalue weighted by molar-refractivity contribution is 6.03. The third-order valence-electron chi connectivity index (χ3n) is 4.69. The van der Waals surface area contributed by atoms with Gasteiger partial charge in [-0.3, -0.25) is 4.99 Å². The van der Waals surface area contributed by atoms with Crippen molar-refractivity contribution in [1.82, 2.24) is 0 Å². The number of fused-ring (bicyclic) bond motifs is 2. The molecule has 6 heteroatoms. The molecule has 136 valence electrons. The van der Waals surface area contributed by atoms with Gasteiger partial charge in [-0.05, 0) is 54.7 Å². The van der Waals surface area contributed by atoms with E-state index in [1.165, 1.54) is 17.7 Å². The Hall–Kier alpha value is -2.50. The Balaban J connectivity index is 1.50. The number of hydrogen-bond donors (Lipinski definition) is 0. The zero-order valence-electron chi connectivity index (χ0n) is 14.1. The SMILES string of the molecule is FC(F)(F)c1ccc(CCC2=NCCc3cc4c(cc32)OCCO4)cc1. The quantitative estimate of drug-likeness (QED) is 0.808. The van der Waals surface area contributed by atoms with Crippen molar-refractivity contribution in [3.8, 4) is 11.5 Å². The molecule has 0 saturated carbocycles. The fourth-order valence-corrected chi connectivity index (χ4v) is 3.34. The van der Waals surface area contributed by atoms with Gasteiger partial charge in [-0.25, -0.2) is 0 Å². The smallest absolute Gasteiger partial charge is 0.416 e. The second kappa shape index (κ2) is 6.67. The molecule has 0 aromatic heterocycles. The lowest BCUT2D eigenvalue weighted by Gasteiger charge is -2.23. The zero-order chi connectivity index (χ0) is 18.1. The molecule has 0 bridgehead atoms. The molecule has 0 amide bonds. The van der Waals surface area contributed by atoms with Crippen LogP contribution in [-0.2, 0) is 19.0 Å². The van der Waals surface area contributed by atoms with Crippen LogP contribution in [0.2, 0.25) is 0 Å². The van der Waals surface area contributed by atoms with Gasteiger partial charge in [0.2, 0.25) is 0 Å². The fourth-order valence-electron chi connectivity index (χ4n) is 3.34. The molecule has 0 N–H and O–H groups in total.